The van der Waals surface area contributed by atoms with Crippen LogP contribution < -0.4 is 4.74 Å². The number of benzene rings is 1. The second-order valence-electron chi connectivity index (χ2n) is 4.40. The first-order valence-electron chi connectivity index (χ1n) is 6.48. The predicted molar refractivity (Wildman–Crippen MR) is 72.7 cm³/mol. The summed E-state index contributed by atoms with van der Waals surface area (Å²) in [5.74, 6) is 0.120. The first-order chi connectivity index (χ1) is 9.06. The van der Waals surface area contributed by atoms with E-state index in [0.29, 0.717) is 12.4 Å². The molecule has 0 aromatic heterocycles. The monoisotopic (exact) mass is 265 g/mol. The number of unbranched alkanes of at least 4 members (excludes halogenated alkanes) is 3. The lowest BCUT2D eigenvalue weighted by molar-refractivity contribution is -0.385. The molecule has 0 aliphatic carbocycles. The maximum atomic E-state index is 11.3. The van der Waals surface area contributed by atoms with Gasteiger partial charge in [-0.1, -0.05) is 26.2 Å². The van der Waals surface area contributed by atoms with Crippen molar-refractivity contribution in [2.45, 2.75) is 39.5 Å². The van der Waals surface area contributed by atoms with Gasteiger partial charge in [0.1, 0.15) is 5.75 Å². The molecule has 0 heterocycles. The molecule has 0 spiro atoms. The molecule has 0 saturated heterocycles. The minimum atomic E-state index is -0.555. The Balaban J connectivity index is 2.68. The smallest absolute Gasteiger partial charge is 0.283 e. The topological polar surface area (TPSA) is 69.4 Å². The van der Waals surface area contributed by atoms with Gasteiger partial charge in [0, 0.05) is 0 Å². The highest BCUT2D eigenvalue weighted by Crippen LogP contribution is 2.25. The van der Waals surface area contributed by atoms with Crippen LogP contribution in [0.2, 0.25) is 0 Å². The standard InChI is InChI=1S/C14H19NO4/c1-3-4-5-6-9-19-12-7-8-13(11(2)16)14(10-12)15(17)18/h7-8,10H,3-6,9H2,1-2H3. The first kappa shape index (κ1) is 15.1. The fraction of sp³-hybridized carbons (Fsp3) is 0.500. The van der Waals surface area contributed by atoms with Crippen molar-refractivity contribution in [2.24, 2.45) is 0 Å². The second-order valence-corrected chi connectivity index (χ2v) is 4.40. The molecule has 0 fully saturated rings. The Morgan fingerprint density at radius 1 is 1.32 bits per heavy atom. The SMILES string of the molecule is CCCCCCOc1ccc(C(C)=O)c([N+](=O)[O-])c1. The zero-order valence-electron chi connectivity index (χ0n) is 11.3. The molecule has 104 valence electrons. The van der Waals surface area contributed by atoms with Crippen molar-refractivity contribution in [3.63, 3.8) is 0 Å². The van der Waals surface area contributed by atoms with E-state index in [1.54, 1.807) is 6.07 Å². The molecule has 0 aliphatic rings. The number of hydrogen-bond acceptors (Lipinski definition) is 4. The van der Waals surface area contributed by atoms with Crippen LogP contribution in [0.25, 0.3) is 0 Å². The van der Waals surface area contributed by atoms with Crippen LogP contribution >= 0.6 is 0 Å². The van der Waals surface area contributed by atoms with Gasteiger partial charge in [0.15, 0.2) is 5.78 Å². The van der Waals surface area contributed by atoms with Gasteiger partial charge in [-0.3, -0.25) is 14.9 Å². The van der Waals surface area contributed by atoms with Crippen LogP contribution in [0.15, 0.2) is 18.2 Å². The number of hydrogen-bond donors (Lipinski definition) is 0. The summed E-state index contributed by atoms with van der Waals surface area (Å²) in [6.07, 6.45) is 4.33. The molecular formula is C14H19NO4. The van der Waals surface area contributed by atoms with Gasteiger partial charge < -0.3 is 4.74 Å². The molecule has 0 saturated carbocycles. The summed E-state index contributed by atoms with van der Waals surface area (Å²) in [5, 5.41) is 10.9. The maximum absolute atomic E-state index is 11.3. The molecule has 1 aromatic carbocycles. The average molecular weight is 265 g/mol. The Hall–Kier alpha value is -1.91. The molecule has 0 unspecified atom stereocenters. The van der Waals surface area contributed by atoms with E-state index in [1.165, 1.54) is 19.1 Å². The highest BCUT2D eigenvalue weighted by atomic mass is 16.6. The van der Waals surface area contributed by atoms with Crippen LogP contribution in [0.1, 0.15) is 49.9 Å². The van der Waals surface area contributed by atoms with Crippen molar-refractivity contribution in [1.29, 1.82) is 0 Å². The lowest BCUT2D eigenvalue weighted by Gasteiger charge is -2.07. The highest BCUT2D eigenvalue weighted by Gasteiger charge is 2.18. The fourth-order valence-corrected chi connectivity index (χ4v) is 1.77. The number of nitro benzene ring substituents is 1. The van der Waals surface area contributed by atoms with Crippen LogP contribution in [-0.4, -0.2) is 17.3 Å². The van der Waals surface area contributed by atoms with E-state index in [0.717, 1.165) is 25.7 Å². The minimum Gasteiger partial charge on any atom is -0.493 e. The summed E-state index contributed by atoms with van der Waals surface area (Å²) in [6.45, 7) is 3.98. The Labute approximate surface area is 112 Å². The van der Waals surface area contributed by atoms with E-state index in [2.05, 4.69) is 6.92 Å². The summed E-state index contributed by atoms with van der Waals surface area (Å²) in [6, 6.07) is 4.36. The number of ketones is 1. The van der Waals surface area contributed by atoms with Gasteiger partial charge in [-0.25, -0.2) is 0 Å². The van der Waals surface area contributed by atoms with Gasteiger partial charge in [0.2, 0.25) is 0 Å². The summed E-state index contributed by atoms with van der Waals surface area (Å²) in [5.41, 5.74) is -0.0816. The minimum absolute atomic E-state index is 0.114. The Morgan fingerprint density at radius 3 is 2.63 bits per heavy atom. The van der Waals surface area contributed by atoms with E-state index in [9.17, 15) is 14.9 Å². The van der Waals surface area contributed by atoms with E-state index in [1.807, 2.05) is 0 Å². The van der Waals surface area contributed by atoms with Crippen LogP contribution in [0.4, 0.5) is 5.69 Å². The van der Waals surface area contributed by atoms with Crippen LogP contribution in [0, 0.1) is 10.1 Å². The molecule has 0 atom stereocenters. The lowest BCUT2D eigenvalue weighted by atomic mass is 10.1. The second kappa shape index (κ2) is 7.51. The van der Waals surface area contributed by atoms with Gasteiger partial charge >= 0.3 is 0 Å². The first-order valence-corrected chi connectivity index (χ1v) is 6.48. The third-order valence-corrected chi connectivity index (χ3v) is 2.81. The zero-order chi connectivity index (χ0) is 14.3. The number of carbonyl (C=O) groups is 1. The third-order valence-electron chi connectivity index (χ3n) is 2.81. The van der Waals surface area contributed by atoms with Gasteiger partial charge in [-0.05, 0) is 25.5 Å². The Morgan fingerprint density at radius 2 is 2.05 bits per heavy atom. The molecule has 0 bridgehead atoms. The van der Waals surface area contributed by atoms with Crippen LogP contribution in [0.3, 0.4) is 0 Å². The van der Waals surface area contributed by atoms with Gasteiger partial charge in [-0.15, -0.1) is 0 Å². The number of rotatable bonds is 8. The van der Waals surface area contributed by atoms with Gasteiger partial charge in [0.25, 0.3) is 5.69 Å². The van der Waals surface area contributed by atoms with E-state index in [4.69, 9.17) is 4.74 Å². The molecule has 1 aromatic rings. The molecule has 0 radical (unpaired) electrons. The van der Waals surface area contributed by atoms with Crippen molar-refractivity contribution in [2.75, 3.05) is 6.61 Å². The number of nitro groups is 1. The van der Waals surface area contributed by atoms with Crippen LogP contribution in [0.5, 0.6) is 5.75 Å². The molecular weight excluding hydrogens is 246 g/mol. The van der Waals surface area contributed by atoms with E-state index < -0.39 is 4.92 Å². The number of nitrogens with zero attached hydrogens (tertiary/aromatic N) is 1. The molecule has 5 heteroatoms. The normalized spacial score (nSPS) is 10.2. The molecule has 0 N–H and O–H groups in total. The molecule has 0 aliphatic heterocycles. The number of carbonyl (C=O) groups excluding carboxylic acids is 1. The highest BCUT2D eigenvalue weighted by molar-refractivity contribution is 5.98. The molecule has 0 amide bonds. The van der Waals surface area contributed by atoms with Crippen molar-refractivity contribution >= 4 is 11.5 Å². The largest absolute Gasteiger partial charge is 0.493 e. The average Bonchev–Trinajstić information content (AvgIpc) is 2.38. The predicted octanol–water partition coefficient (Wildman–Crippen LogP) is 3.76. The van der Waals surface area contributed by atoms with Crippen LogP contribution in [-0.2, 0) is 0 Å². The third kappa shape index (κ3) is 4.69. The Kier molecular flexibility index (Phi) is 5.99. The van der Waals surface area contributed by atoms with Gasteiger partial charge in [0.05, 0.1) is 23.2 Å². The quantitative estimate of drug-likeness (QED) is 0.310. The number of ether oxygens (including phenoxy) is 1. The van der Waals surface area contributed by atoms with E-state index >= 15 is 0 Å². The summed E-state index contributed by atoms with van der Waals surface area (Å²) < 4.78 is 5.46. The number of Topliss-reactive ketones (excluding diaryl/α,β-unsaturated/α-hetero) is 1. The maximum Gasteiger partial charge on any atom is 0.283 e. The van der Waals surface area contributed by atoms with Gasteiger partial charge in [-0.2, -0.15) is 0 Å². The van der Waals surface area contributed by atoms with Crippen molar-refractivity contribution in [1.82, 2.24) is 0 Å². The summed E-state index contributed by atoms with van der Waals surface area (Å²) in [4.78, 5) is 21.6. The van der Waals surface area contributed by atoms with Crippen molar-refractivity contribution < 1.29 is 14.5 Å². The summed E-state index contributed by atoms with van der Waals surface area (Å²) in [7, 11) is 0. The lowest BCUT2D eigenvalue weighted by Crippen LogP contribution is -2.02. The Bertz CT molecular complexity index is 457. The summed E-state index contributed by atoms with van der Waals surface area (Å²) >= 11 is 0. The fourth-order valence-electron chi connectivity index (χ4n) is 1.77. The van der Waals surface area contributed by atoms with E-state index in [-0.39, 0.29) is 17.0 Å². The molecule has 5 nitrogen and oxygen atoms in total. The molecule has 1 rings (SSSR count). The van der Waals surface area contributed by atoms with Crippen molar-refractivity contribution in [3.05, 3.63) is 33.9 Å². The van der Waals surface area contributed by atoms with Crippen molar-refractivity contribution in [3.8, 4) is 5.75 Å². The zero-order valence-corrected chi connectivity index (χ0v) is 11.3. The molecule has 19 heavy (non-hydrogen) atoms.